The molecule has 2 rings (SSSR count). The smallest absolute Gasteiger partial charge is 0.0774 e. The summed E-state index contributed by atoms with van der Waals surface area (Å²) in [7, 11) is 2.13. The molecule has 0 amide bonds. The number of aryl methyl sites for hydroxylation is 1. The molecule has 0 atom stereocenters. The molecule has 0 unspecified atom stereocenters. The molecule has 2 nitrogen and oxygen atoms in total. The van der Waals surface area contributed by atoms with Gasteiger partial charge in [0.05, 0.1) is 5.60 Å². The Labute approximate surface area is 111 Å². The fraction of sp³-hybridized carbons (Fsp3) is 0.625. The maximum atomic E-state index is 10.3. The van der Waals surface area contributed by atoms with Crippen LogP contribution in [0.15, 0.2) is 30.3 Å². The van der Waals surface area contributed by atoms with Crippen molar-refractivity contribution in [3.05, 3.63) is 35.9 Å². The highest BCUT2D eigenvalue weighted by molar-refractivity contribution is 5.14. The third kappa shape index (κ3) is 4.11. The average Bonchev–Trinajstić information content (AvgIpc) is 2.77. The maximum Gasteiger partial charge on any atom is 0.0774 e. The summed E-state index contributed by atoms with van der Waals surface area (Å²) in [5.41, 5.74) is 1.01. The van der Waals surface area contributed by atoms with Crippen molar-refractivity contribution in [2.24, 2.45) is 0 Å². The summed E-state index contributed by atoms with van der Waals surface area (Å²) < 4.78 is 0. The highest BCUT2D eigenvalue weighted by atomic mass is 16.3. The molecule has 18 heavy (non-hydrogen) atoms. The normalized spacial score (nSPS) is 18.4. The molecule has 0 radical (unpaired) electrons. The van der Waals surface area contributed by atoms with Gasteiger partial charge >= 0.3 is 0 Å². The van der Waals surface area contributed by atoms with E-state index in [-0.39, 0.29) is 0 Å². The molecule has 2 heteroatoms. The van der Waals surface area contributed by atoms with Crippen molar-refractivity contribution in [1.82, 2.24) is 4.90 Å². The first kappa shape index (κ1) is 13.6. The quantitative estimate of drug-likeness (QED) is 0.835. The molecule has 1 aromatic rings. The predicted molar refractivity (Wildman–Crippen MR) is 75.7 cm³/mol. The standard InChI is InChI=1S/C16H25NO/c1-17(14-16(18)11-5-6-12-16)13-7-10-15-8-3-2-4-9-15/h2-4,8-9,18H,5-7,10-14H2,1H3. The van der Waals surface area contributed by atoms with Crippen LogP contribution >= 0.6 is 0 Å². The number of likely N-dealkylation sites (N-methyl/N-ethyl adjacent to an activating group) is 1. The number of nitrogens with zero attached hydrogens (tertiary/aromatic N) is 1. The molecule has 100 valence electrons. The minimum atomic E-state index is -0.401. The molecule has 1 fully saturated rings. The van der Waals surface area contributed by atoms with Gasteiger partial charge in [-0.25, -0.2) is 0 Å². The molecule has 1 aliphatic carbocycles. The van der Waals surface area contributed by atoms with E-state index in [2.05, 4.69) is 42.3 Å². The van der Waals surface area contributed by atoms with Crippen LogP contribution in [0.25, 0.3) is 0 Å². The fourth-order valence-corrected chi connectivity index (χ4v) is 2.97. The van der Waals surface area contributed by atoms with E-state index < -0.39 is 5.60 Å². The van der Waals surface area contributed by atoms with Gasteiger partial charge in [0.15, 0.2) is 0 Å². The van der Waals surface area contributed by atoms with Gasteiger partial charge in [-0.2, -0.15) is 0 Å². The maximum absolute atomic E-state index is 10.3. The number of aliphatic hydroxyl groups is 1. The highest BCUT2D eigenvalue weighted by Gasteiger charge is 2.31. The van der Waals surface area contributed by atoms with Gasteiger partial charge in [0.2, 0.25) is 0 Å². The Morgan fingerprint density at radius 1 is 1.17 bits per heavy atom. The Hall–Kier alpha value is -0.860. The van der Waals surface area contributed by atoms with Crippen LogP contribution in [-0.4, -0.2) is 35.7 Å². The van der Waals surface area contributed by atoms with Crippen molar-refractivity contribution in [3.63, 3.8) is 0 Å². The minimum Gasteiger partial charge on any atom is -0.389 e. The lowest BCUT2D eigenvalue weighted by Crippen LogP contribution is -2.39. The second-order valence-electron chi connectivity index (χ2n) is 5.76. The molecule has 1 aliphatic rings. The van der Waals surface area contributed by atoms with Gasteiger partial charge in [-0.05, 0) is 44.8 Å². The van der Waals surface area contributed by atoms with E-state index >= 15 is 0 Å². The van der Waals surface area contributed by atoms with Crippen molar-refractivity contribution in [1.29, 1.82) is 0 Å². The molecule has 1 N–H and O–H groups in total. The van der Waals surface area contributed by atoms with Gasteiger partial charge < -0.3 is 10.0 Å². The van der Waals surface area contributed by atoms with Crippen LogP contribution in [-0.2, 0) is 6.42 Å². The van der Waals surface area contributed by atoms with E-state index in [4.69, 9.17) is 0 Å². The number of rotatable bonds is 6. The van der Waals surface area contributed by atoms with Crippen LogP contribution in [0.5, 0.6) is 0 Å². The van der Waals surface area contributed by atoms with Gasteiger partial charge in [-0.3, -0.25) is 0 Å². The Balaban J connectivity index is 1.67. The van der Waals surface area contributed by atoms with Crippen molar-refractivity contribution in [2.45, 2.75) is 44.1 Å². The molecule has 1 saturated carbocycles. The van der Waals surface area contributed by atoms with E-state index in [0.29, 0.717) is 0 Å². The molecule has 0 spiro atoms. The summed E-state index contributed by atoms with van der Waals surface area (Å²) in [5, 5.41) is 10.3. The van der Waals surface area contributed by atoms with E-state index in [1.807, 2.05) is 0 Å². The van der Waals surface area contributed by atoms with Crippen LogP contribution in [0.3, 0.4) is 0 Å². The lowest BCUT2D eigenvalue weighted by Gasteiger charge is -2.28. The number of hydrogen-bond acceptors (Lipinski definition) is 2. The summed E-state index contributed by atoms with van der Waals surface area (Å²) in [6.45, 7) is 1.90. The monoisotopic (exact) mass is 247 g/mol. The molecule has 0 aromatic heterocycles. The summed E-state index contributed by atoms with van der Waals surface area (Å²) in [6.07, 6.45) is 6.63. The van der Waals surface area contributed by atoms with Gasteiger partial charge in [0.1, 0.15) is 0 Å². The second kappa shape index (κ2) is 6.35. The lowest BCUT2D eigenvalue weighted by molar-refractivity contribution is 0.0162. The molecule has 1 aromatic carbocycles. The van der Waals surface area contributed by atoms with E-state index in [0.717, 1.165) is 38.8 Å². The van der Waals surface area contributed by atoms with E-state index in [9.17, 15) is 5.11 Å². The molecular weight excluding hydrogens is 222 g/mol. The Kier molecular flexibility index (Phi) is 4.79. The average molecular weight is 247 g/mol. The first-order chi connectivity index (χ1) is 8.68. The summed E-state index contributed by atoms with van der Waals surface area (Å²) in [5.74, 6) is 0. The van der Waals surface area contributed by atoms with Crippen LogP contribution in [0, 0.1) is 0 Å². The zero-order valence-electron chi connectivity index (χ0n) is 11.4. The fourth-order valence-electron chi connectivity index (χ4n) is 2.97. The van der Waals surface area contributed by atoms with Crippen LogP contribution in [0.1, 0.15) is 37.7 Å². The Morgan fingerprint density at radius 3 is 2.50 bits per heavy atom. The predicted octanol–water partition coefficient (Wildman–Crippen LogP) is 2.86. The number of hydrogen-bond donors (Lipinski definition) is 1. The zero-order chi connectivity index (χ0) is 12.8. The van der Waals surface area contributed by atoms with Gasteiger partial charge in [-0.1, -0.05) is 43.2 Å². The van der Waals surface area contributed by atoms with Crippen LogP contribution in [0.2, 0.25) is 0 Å². The summed E-state index contributed by atoms with van der Waals surface area (Å²) >= 11 is 0. The molecule has 0 saturated heterocycles. The van der Waals surface area contributed by atoms with Gasteiger partial charge in [0, 0.05) is 6.54 Å². The first-order valence-electron chi connectivity index (χ1n) is 7.13. The van der Waals surface area contributed by atoms with Gasteiger partial charge in [0.25, 0.3) is 0 Å². The highest BCUT2D eigenvalue weighted by Crippen LogP contribution is 2.29. The van der Waals surface area contributed by atoms with Gasteiger partial charge in [-0.15, -0.1) is 0 Å². The zero-order valence-corrected chi connectivity index (χ0v) is 11.4. The SMILES string of the molecule is CN(CCCc1ccccc1)CC1(O)CCCC1. The van der Waals surface area contributed by atoms with Crippen LogP contribution in [0.4, 0.5) is 0 Å². The van der Waals surface area contributed by atoms with Crippen molar-refractivity contribution < 1.29 is 5.11 Å². The minimum absolute atomic E-state index is 0.401. The summed E-state index contributed by atoms with van der Waals surface area (Å²) in [6, 6.07) is 10.6. The molecule has 0 bridgehead atoms. The molecule has 0 heterocycles. The number of benzene rings is 1. The van der Waals surface area contributed by atoms with E-state index in [1.165, 1.54) is 18.4 Å². The van der Waals surface area contributed by atoms with Crippen molar-refractivity contribution in [3.8, 4) is 0 Å². The molecular formula is C16H25NO. The first-order valence-corrected chi connectivity index (χ1v) is 7.13. The Morgan fingerprint density at radius 2 is 1.83 bits per heavy atom. The summed E-state index contributed by atoms with van der Waals surface area (Å²) in [4.78, 5) is 2.29. The third-order valence-electron chi connectivity index (χ3n) is 3.95. The molecule has 0 aliphatic heterocycles. The van der Waals surface area contributed by atoms with E-state index in [1.54, 1.807) is 0 Å². The van der Waals surface area contributed by atoms with Crippen molar-refractivity contribution >= 4 is 0 Å². The third-order valence-corrected chi connectivity index (χ3v) is 3.95. The second-order valence-corrected chi connectivity index (χ2v) is 5.76. The lowest BCUT2D eigenvalue weighted by atomic mass is 10.0. The topological polar surface area (TPSA) is 23.5 Å². The van der Waals surface area contributed by atoms with Crippen LogP contribution < -0.4 is 0 Å². The Bertz CT molecular complexity index is 343. The largest absolute Gasteiger partial charge is 0.389 e. The van der Waals surface area contributed by atoms with Crippen molar-refractivity contribution in [2.75, 3.05) is 20.1 Å².